The number of carbonyl (C=O) groups is 1. The Hall–Kier alpha value is -1.63. The lowest BCUT2D eigenvalue weighted by molar-refractivity contribution is 0.0488. The zero-order valence-electron chi connectivity index (χ0n) is 13.9. The highest BCUT2D eigenvalue weighted by molar-refractivity contribution is 5.68. The van der Waals surface area contributed by atoms with E-state index < -0.39 is 5.60 Å². The molecule has 1 fully saturated rings. The van der Waals surface area contributed by atoms with E-state index in [0.717, 1.165) is 31.5 Å². The predicted molar refractivity (Wildman–Crippen MR) is 83.3 cm³/mol. The molecule has 1 amide bonds. The summed E-state index contributed by atoms with van der Waals surface area (Å²) in [7, 11) is 1.94. The predicted octanol–water partition coefficient (Wildman–Crippen LogP) is 1.74. The van der Waals surface area contributed by atoms with Crippen molar-refractivity contribution < 1.29 is 9.53 Å². The van der Waals surface area contributed by atoms with Crippen LogP contribution >= 0.6 is 0 Å². The molecule has 1 aromatic rings. The number of nitrogens with zero attached hydrogens (tertiary/aromatic N) is 3. The van der Waals surface area contributed by atoms with Gasteiger partial charge in [0.25, 0.3) is 0 Å². The molecule has 2 unspecified atom stereocenters. The Morgan fingerprint density at radius 1 is 1.41 bits per heavy atom. The molecule has 1 aromatic heterocycles. The largest absolute Gasteiger partial charge is 0.444 e. The summed E-state index contributed by atoms with van der Waals surface area (Å²) in [5, 5.41) is 14.4. The number of nitrogens with one attached hydrogen (secondary N) is 2. The van der Waals surface area contributed by atoms with Gasteiger partial charge in [0.2, 0.25) is 0 Å². The summed E-state index contributed by atoms with van der Waals surface area (Å²) in [4.78, 5) is 11.8. The quantitative estimate of drug-likeness (QED) is 0.885. The summed E-state index contributed by atoms with van der Waals surface area (Å²) in [6.07, 6.45) is 5.50. The molecule has 124 valence electrons. The number of ether oxygens (including phenoxy) is 1. The van der Waals surface area contributed by atoms with Crippen LogP contribution < -0.4 is 10.6 Å². The summed E-state index contributed by atoms with van der Waals surface area (Å²) in [6, 6.07) is 0.547. The molecule has 1 heterocycles. The Kier molecular flexibility index (Phi) is 5.39. The maximum absolute atomic E-state index is 11.8. The smallest absolute Gasteiger partial charge is 0.407 e. The number of alkyl carbamates (subject to hydrolysis) is 1. The van der Waals surface area contributed by atoms with Gasteiger partial charge in [0, 0.05) is 19.1 Å². The van der Waals surface area contributed by atoms with Crippen LogP contribution in [0.15, 0.2) is 6.33 Å². The second-order valence-electron chi connectivity index (χ2n) is 6.95. The average Bonchev–Trinajstić information content (AvgIpc) is 2.80. The van der Waals surface area contributed by atoms with Gasteiger partial charge in [0.15, 0.2) is 0 Å². The summed E-state index contributed by atoms with van der Waals surface area (Å²) in [5.74, 6) is 0.919. The van der Waals surface area contributed by atoms with Crippen molar-refractivity contribution in [2.45, 2.75) is 70.7 Å². The fraction of sp³-hybridized carbons (Fsp3) is 0.800. The molecule has 22 heavy (non-hydrogen) atoms. The number of hydrogen-bond acceptors (Lipinski definition) is 5. The van der Waals surface area contributed by atoms with Crippen molar-refractivity contribution in [2.24, 2.45) is 7.05 Å². The zero-order chi connectivity index (χ0) is 16.2. The molecule has 0 radical (unpaired) electrons. The first-order chi connectivity index (χ1) is 10.3. The van der Waals surface area contributed by atoms with Gasteiger partial charge in [-0.15, -0.1) is 10.2 Å². The van der Waals surface area contributed by atoms with Crippen LogP contribution in [0.2, 0.25) is 0 Å². The van der Waals surface area contributed by atoms with Gasteiger partial charge >= 0.3 is 6.09 Å². The molecular weight excluding hydrogens is 282 g/mol. The molecule has 0 saturated heterocycles. The van der Waals surface area contributed by atoms with Crippen LogP contribution in [-0.2, 0) is 18.3 Å². The number of carbonyl (C=O) groups excluding carboxylic acids is 1. The van der Waals surface area contributed by atoms with Gasteiger partial charge in [-0.2, -0.15) is 0 Å². The van der Waals surface area contributed by atoms with Crippen LogP contribution in [0.3, 0.4) is 0 Å². The topological polar surface area (TPSA) is 81.1 Å². The molecule has 0 spiro atoms. The first-order valence-electron chi connectivity index (χ1n) is 7.89. The van der Waals surface area contributed by atoms with Gasteiger partial charge in [-0.05, 0) is 46.5 Å². The molecule has 7 heteroatoms. The van der Waals surface area contributed by atoms with Crippen LogP contribution in [0.25, 0.3) is 0 Å². The number of hydrogen-bond donors (Lipinski definition) is 2. The third-order valence-electron chi connectivity index (χ3n) is 3.75. The lowest BCUT2D eigenvalue weighted by Gasteiger charge is -2.31. The Bertz CT molecular complexity index is 494. The van der Waals surface area contributed by atoms with Crippen molar-refractivity contribution in [3.63, 3.8) is 0 Å². The van der Waals surface area contributed by atoms with Crippen LogP contribution in [0.5, 0.6) is 0 Å². The summed E-state index contributed by atoms with van der Waals surface area (Å²) in [6.45, 7) is 6.32. The second-order valence-corrected chi connectivity index (χ2v) is 6.95. The molecule has 2 N–H and O–H groups in total. The molecule has 1 saturated carbocycles. The van der Waals surface area contributed by atoms with Gasteiger partial charge in [0.05, 0.1) is 6.54 Å². The number of aryl methyl sites for hydroxylation is 1. The third kappa shape index (κ3) is 5.29. The van der Waals surface area contributed by atoms with Crippen molar-refractivity contribution in [1.29, 1.82) is 0 Å². The maximum Gasteiger partial charge on any atom is 0.407 e. The molecule has 1 aliphatic carbocycles. The first-order valence-corrected chi connectivity index (χ1v) is 7.89. The average molecular weight is 309 g/mol. The van der Waals surface area contributed by atoms with Crippen molar-refractivity contribution in [3.05, 3.63) is 12.2 Å². The van der Waals surface area contributed by atoms with Crippen LogP contribution in [0, 0.1) is 0 Å². The monoisotopic (exact) mass is 309 g/mol. The van der Waals surface area contributed by atoms with E-state index in [9.17, 15) is 4.79 Å². The minimum absolute atomic E-state index is 0.167. The highest BCUT2D eigenvalue weighted by Crippen LogP contribution is 2.19. The van der Waals surface area contributed by atoms with E-state index in [2.05, 4.69) is 20.8 Å². The van der Waals surface area contributed by atoms with Crippen molar-refractivity contribution in [3.8, 4) is 0 Å². The van der Waals surface area contributed by atoms with Gasteiger partial charge in [-0.3, -0.25) is 0 Å². The summed E-state index contributed by atoms with van der Waals surface area (Å²) < 4.78 is 7.23. The molecule has 0 aromatic carbocycles. The lowest BCUT2D eigenvalue weighted by Crippen LogP contribution is -2.45. The number of rotatable bonds is 4. The zero-order valence-corrected chi connectivity index (χ0v) is 13.9. The molecule has 1 aliphatic rings. The van der Waals surface area contributed by atoms with Crippen molar-refractivity contribution in [1.82, 2.24) is 25.4 Å². The maximum atomic E-state index is 11.8. The Labute approximate surface area is 131 Å². The van der Waals surface area contributed by atoms with Gasteiger partial charge in [-0.25, -0.2) is 4.79 Å². The third-order valence-corrected chi connectivity index (χ3v) is 3.75. The van der Waals surface area contributed by atoms with E-state index in [4.69, 9.17) is 4.74 Å². The normalized spacial score (nSPS) is 22.4. The SMILES string of the molecule is Cn1cnnc1CNC1CCCC(NC(=O)OC(C)(C)C)C1. The lowest BCUT2D eigenvalue weighted by atomic mass is 9.91. The highest BCUT2D eigenvalue weighted by Gasteiger charge is 2.25. The summed E-state index contributed by atoms with van der Waals surface area (Å²) >= 11 is 0. The molecule has 7 nitrogen and oxygen atoms in total. The van der Waals surface area contributed by atoms with E-state index in [1.54, 1.807) is 6.33 Å². The highest BCUT2D eigenvalue weighted by atomic mass is 16.6. The Balaban J connectivity index is 1.77. The van der Waals surface area contributed by atoms with Crippen molar-refractivity contribution >= 4 is 6.09 Å². The van der Waals surface area contributed by atoms with Gasteiger partial charge < -0.3 is 19.9 Å². The van der Waals surface area contributed by atoms with Crippen LogP contribution in [-0.4, -0.2) is 38.5 Å². The van der Waals surface area contributed by atoms with E-state index in [0.29, 0.717) is 12.6 Å². The molecule has 0 aliphatic heterocycles. The van der Waals surface area contributed by atoms with Crippen LogP contribution in [0.4, 0.5) is 4.79 Å². The fourth-order valence-electron chi connectivity index (χ4n) is 2.68. The molecule has 2 atom stereocenters. The second kappa shape index (κ2) is 7.09. The first kappa shape index (κ1) is 16.7. The Morgan fingerprint density at radius 3 is 2.77 bits per heavy atom. The fourth-order valence-corrected chi connectivity index (χ4v) is 2.68. The van der Waals surface area contributed by atoms with E-state index in [1.807, 2.05) is 32.4 Å². The number of amides is 1. The van der Waals surface area contributed by atoms with Gasteiger partial charge in [-0.1, -0.05) is 0 Å². The van der Waals surface area contributed by atoms with Crippen LogP contribution in [0.1, 0.15) is 52.3 Å². The molecular formula is C15H27N5O2. The van der Waals surface area contributed by atoms with Gasteiger partial charge in [0.1, 0.15) is 17.8 Å². The minimum Gasteiger partial charge on any atom is -0.444 e. The molecule has 2 rings (SSSR count). The van der Waals surface area contributed by atoms with E-state index in [1.165, 1.54) is 0 Å². The summed E-state index contributed by atoms with van der Waals surface area (Å²) in [5.41, 5.74) is -0.457. The standard InChI is InChI=1S/C15H27N5O2/c1-15(2,3)22-14(21)18-12-7-5-6-11(8-12)16-9-13-19-17-10-20(13)4/h10-12,16H,5-9H2,1-4H3,(H,18,21). The Morgan fingerprint density at radius 2 is 2.14 bits per heavy atom. The van der Waals surface area contributed by atoms with E-state index in [-0.39, 0.29) is 12.1 Å². The van der Waals surface area contributed by atoms with Crippen molar-refractivity contribution in [2.75, 3.05) is 0 Å². The number of aromatic nitrogens is 3. The molecule has 0 bridgehead atoms. The van der Waals surface area contributed by atoms with E-state index >= 15 is 0 Å². The minimum atomic E-state index is -0.457.